The standard InChI is InChI=1S/C31H39ClN3O7S2.ClH/c1-35(2,3)17-18-41-26(36)20-42-28-27(32)29(43-30(28)31(37)40-4)23-11-8-12-25(19-23)33-24-13-15-34(16-14-24)44(38,39)21-22-9-6-5-7-10-22;/h5-12,19,24,33H,13-18,20-21H2,1-4H3;1H/q+1;/p-1. The normalized spacial score (nSPS) is 14.3. The zero-order chi connectivity index (χ0) is 31.9. The number of rotatable bonds is 13. The summed E-state index contributed by atoms with van der Waals surface area (Å²) in [5, 5.41) is 3.71. The molecule has 2 aromatic carbocycles. The van der Waals surface area contributed by atoms with Gasteiger partial charge in [-0.25, -0.2) is 22.3 Å². The van der Waals surface area contributed by atoms with Crippen molar-refractivity contribution in [3.05, 3.63) is 70.1 Å². The van der Waals surface area contributed by atoms with Crippen molar-refractivity contribution >= 4 is 50.6 Å². The van der Waals surface area contributed by atoms with Crippen LogP contribution < -0.4 is 22.5 Å². The topological polar surface area (TPSA) is 111 Å². The van der Waals surface area contributed by atoms with E-state index in [-0.39, 0.29) is 46.5 Å². The third-order valence-electron chi connectivity index (χ3n) is 7.07. The van der Waals surface area contributed by atoms with E-state index in [1.54, 1.807) is 4.31 Å². The van der Waals surface area contributed by atoms with Crippen molar-refractivity contribution in [1.29, 1.82) is 0 Å². The highest BCUT2D eigenvalue weighted by Gasteiger charge is 2.29. The molecule has 0 spiro atoms. The summed E-state index contributed by atoms with van der Waals surface area (Å²) in [6, 6.07) is 16.9. The van der Waals surface area contributed by atoms with Crippen molar-refractivity contribution in [2.75, 3.05) is 66.4 Å². The zero-order valence-electron chi connectivity index (χ0n) is 25.8. The second-order valence-electron chi connectivity index (χ2n) is 11.6. The van der Waals surface area contributed by atoms with Crippen LogP contribution in [-0.2, 0) is 30.0 Å². The Morgan fingerprint density at radius 3 is 2.40 bits per heavy atom. The van der Waals surface area contributed by atoms with Crippen LogP contribution in [0.4, 0.5) is 5.69 Å². The lowest BCUT2D eigenvalue weighted by Gasteiger charge is -2.32. The molecule has 0 aliphatic carbocycles. The van der Waals surface area contributed by atoms with Crippen molar-refractivity contribution < 1.29 is 49.1 Å². The number of carbonyl (C=O) groups is 2. The maximum atomic E-state index is 12.9. The molecule has 0 saturated carbocycles. The molecule has 1 N–H and O–H groups in total. The summed E-state index contributed by atoms with van der Waals surface area (Å²) in [6.07, 6.45) is 1.32. The molecule has 10 nitrogen and oxygen atoms in total. The zero-order valence-corrected chi connectivity index (χ0v) is 28.9. The molecule has 2 heterocycles. The molecule has 14 heteroatoms. The highest BCUT2D eigenvalue weighted by atomic mass is 35.5. The molecule has 0 unspecified atom stereocenters. The molecule has 4 rings (SSSR count). The maximum Gasteiger partial charge on any atom is 0.351 e. The molecule has 1 aliphatic heterocycles. The molecule has 1 aromatic heterocycles. The number of halogens is 2. The lowest BCUT2D eigenvalue weighted by molar-refractivity contribution is -0.870. The molecular formula is C31H39Cl2N3O7S2. The molecule has 0 bridgehead atoms. The number of thiophene rings is 1. The van der Waals surface area contributed by atoms with Gasteiger partial charge in [-0.2, -0.15) is 0 Å². The molecule has 1 aliphatic rings. The van der Waals surface area contributed by atoms with Gasteiger partial charge in [0.2, 0.25) is 10.0 Å². The SMILES string of the molecule is COC(=O)c1sc(-c2cccc(NC3CCN(S(=O)(=O)Cc4ccccc4)CC3)c2)c(Cl)c1OCC(=O)OCC[N+](C)(C)C.[Cl-]. The van der Waals surface area contributed by atoms with Crippen molar-refractivity contribution in [3.8, 4) is 16.2 Å². The number of methoxy groups -OCH3 is 1. The second-order valence-corrected chi connectivity index (χ2v) is 14.9. The van der Waals surface area contributed by atoms with Crippen LogP contribution in [-0.4, -0.2) is 96.3 Å². The number of quaternary nitrogens is 1. The number of anilines is 1. The van der Waals surface area contributed by atoms with Gasteiger partial charge in [0.1, 0.15) is 18.2 Å². The first-order valence-corrected chi connectivity index (χ1v) is 17.0. The van der Waals surface area contributed by atoms with Crippen LogP contribution in [0.1, 0.15) is 28.1 Å². The van der Waals surface area contributed by atoms with Gasteiger partial charge in [-0.15, -0.1) is 11.3 Å². The number of benzene rings is 2. The number of nitrogens with one attached hydrogen (secondary N) is 1. The van der Waals surface area contributed by atoms with E-state index < -0.39 is 28.6 Å². The van der Waals surface area contributed by atoms with Crippen molar-refractivity contribution in [2.45, 2.75) is 24.6 Å². The molecule has 3 aromatic rings. The van der Waals surface area contributed by atoms with Crippen LogP contribution in [0.3, 0.4) is 0 Å². The predicted octanol–water partition coefficient (Wildman–Crippen LogP) is 1.89. The molecule has 0 atom stereocenters. The highest BCUT2D eigenvalue weighted by molar-refractivity contribution is 7.88. The summed E-state index contributed by atoms with van der Waals surface area (Å²) in [5.74, 6) is -1.13. The molecule has 0 amide bonds. The average molecular weight is 701 g/mol. The first kappa shape index (κ1) is 36.6. The van der Waals surface area contributed by atoms with E-state index in [9.17, 15) is 18.0 Å². The summed E-state index contributed by atoms with van der Waals surface area (Å²) in [5.41, 5.74) is 2.36. The lowest BCUT2D eigenvalue weighted by Crippen LogP contribution is -3.00. The van der Waals surface area contributed by atoms with Gasteiger partial charge >= 0.3 is 11.9 Å². The Kier molecular flexibility index (Phi) is 13.1. The summed E-state index contributed by atoms with van der Waals surface area (Å²) in [6.45, 7) is 1.34. The summed E-state index contributed by atoms with van der Waals surface area (Å²) in [4.78, 5) is 25.6. The Hall–Kier alpha value is -2.87. The minimum atomic E-state index is -3.40. The third kappa shape index (κ3) is 10.3. The number of nitrogens with zero attached hydrogens (tertiary/aromatic N) is 2. The summed E-state index contributed by atoms with van der Waals surface area (Å²) >= 11 is 7.83. The van der Waals surface area contributed by atoms with E-state index in [0.29, 0.717) is 41.8 Å². The Labute approximate surface area is 280 Å². The van der Waals surface area contributed by atoms with Gasteiger partial charge in [0, 0.05) is 24.8 Å². The van der Waals surface area contributed by atoms with Gasteiger partial charge < -0.3 is 36.4 Å². The molecule has 0 radical (unpaired) electrons. The molecule has 45 heavy (non-hydrogen) atoms. The molecular weight excluding hydrogens is 661 g/mol. The second kappa shape index (κ2) is 16.1. The Morgan fingerprint density at radius 2 is 1.76 bits per heavy atom. The van der Waals surface area contributed by atoms with Gasteiger partial charge in [0.25, 0.3) is 0 Å². The van der Waals surface area contributed by atoms with Crippen LogP contribution in [0.25, 0.3) is 10.4 Å². The van der Waals surface area contributed by atoms with E-state index >= 15 is 0 Å². The van der Waals surface area contributed by atoms with Crippen LogP contribution >= 0.6 is 22.9 Å². The smallest absolute Gasteiger partial charge is 0.351 e. The Balaban J connectivity index is 0.00000552. The number of esters is 2. The minimum Gasteiger partial charge on any atom is -1.00 e. The first-order valence-electron chi connectivity index (χ1n) is 14.2. The van der Waals surface area contributed by atoms with Crippen molar-refractivity contribution in [2.24, 2.45) is 0 Å². The molecule has 1 fully saturated rings. The van der Waals surface area contributed by atoms with Crippen LogP contribution in [0.2, 0.25) is 5.02 Å². The fraction of sp³-hybridized carbons (Fsp3) is 0.419. The van der Waals surface area contributed by atoms with Gasteiger partial charge in [-0.05, 0) is 36.1 Å². The third-order valence-corrected chi connectivity index (χ3v) is 10.6. The first-order chi connectivity index (χ1) is 20.9. The Morgan fingerprint density at radius 1 is 1.07 bits per heavy atom. The van der Waals surface area contributed by atoms with Crippen LogP contribution in [0, 0.1) is 0 Å². The average Bonchev–Trinajstić information content (AvgIpc) is 3.31. The quantitative estimate of drug-likeness (QED) is 0.213. The number of carbonyl (C=O) groups excluding carboxylic acids is 2. The van der Waals surface area contributed by atoms with Gasteiger partial charge in [-0.1, -0.05) is 54.1 Å². The van der Waals surface area contributed by atoms with Crippen LogP contribution in [0.15, 0.2) is 54.6 Å². The monoisotopic (exact) mass is 699 g/mol. The van der Waals surface area contributed by atoms with E-state index in [1.807, 2.05) is 75.7 Å². The highest BCUT2D eigenvalue weighted by Crippen LogP contribution is 2.46. The van der Waals surface area contributed by atoms with Crippen molar-refractivity contribution in [1.82, 2.24) is 4.31 Å². The lowest BCUT2D eigenvalue weighted by atomic mass is 10.1. The van der Waals surface area contributed by atoms with Gasteiger partial charge in [0.15, 0.2) is 17.2 Å². The maximum absolute atomic E-state index is 12.9. The number of hydrogen-bond acceptors (Lipinski definition) is 9. The number of sulfonamides is 1. The summed E-state index contributed by atoms with van der Waals surface area (Å²) in [7, 11) is 3.85. The largest absolute Gasteiger partial charge is 1.00 e. The fourth-order valence-corrected chi connectivity index (χ4v) is 7.73. The fourth-order valence-electron chi connectivity index (χ4n) is 4.68. The predicted molar refractivity (Wildman–Crippen MR) is 173 cm³/mol. The van der Waals surface area contributed by atoms with E-state index in [1.165, 1.54) is 7.11 Å². The van der Waals surface area contributed by atoms with Gasteiger partial charge in [0.05, 0.1) is 38.9 Å². The number of hydrogen-bond donors (Lipinski definition) is 1. The van der Waals surface area contributed by atoms with E-state index in [0.717, 1.165) is 28.2 Å². The van der Waals surface area contributed by atoms with Gasteiger partial charge in [-0.3, -0.25) is 0 Å². The number of ether oxygens (including phenoxy) is 3. The van der Waals surface area contributed by atoms with E-state index in [4.69, 9.17) is 25.8 Å². The number of piperidine rings is 1. The van der Waals surface area contributed by atoms with Crippen molar-refractivity contribution in [3.63, 3.8) is 0 Å². The van der Waals surface area contributed by atoms with Crippen LogP contribution in [0.5, 0.6) is 5.75 Å². The molecule has 246 valence electrons. The summed E-state index contributed by atoms with van der Waals surface area (Å²) < 4.78 is 44.0. The molecule has 1 saturated heterocycles. The number of likely N-dealkylation sites (N-methyl/N-ethyl adjacent to an activating group) is 1. The Bertz CT molecular complexity index is 1550. The van der Waals surface area contributed by atoms with E-state index in [2.05, 4.69) is 5.32 Å². The minimum absolute atomic E-state index is 0.